The van der Waals surface area contributed by atoms with Gasteiger partial charge in [0, 0.05) is 47.9 Å². The van der Waals surface area contributed by atoms with Gasteiger partial charge in [-0.3, -0.25) is 29.3 Å². The molecule has 7 amide bonds. The summed E-state index contributed by atoms with van der Waals surface area (Å²) in [7, 11) is 0. The second-order valence-electron chi connectivity index (χ2n) is 9.15. The highest BCUT2D eigenvalue weighted by molar-refractivity contribution is 6.33. The molecule has 0 aliphatic carbocycles. The van der Waals surface area contributed by atoms with Crippen LogP contribution in [0.25, 0.3) is 0 Å². The molecule has 0 bridgehead atoms. The molecule has 1 unspecified atom stereocenters. The van der Waals surface area contributed by atoms with Crippen LogP contribution in [0.2, 0.25) is 5.02 Å². The van der Waals surface area contributed by atoms with E-state index in [-0.39, 0.29) is 48.5 Å². The molecule has 194 valence electrons. The molecule has 1 saturated heterocycles. The highest BCUT2D eigenvalue weighted by Crippen LogP contribution is 2.33. The molecule has 0 saturated carbocycles. The maximum Gasteiger partial charge on any atom is 0.319 e. The molecule has 5 rings (SSSR count). The summed E-state index contributed by atoms with van der Waals surface area (Å²) in [5.74, 6) is -2.09. The van der Waals surface area contributed by atoms with Crippen molar-refractivity contribution in [1.29, 1.82) is 0 Å². The van der Waals surface area contributed by atoms with Crippen LogP contribution < -0.4 is 20.9 Å². The molecular weight excluding hydrogens is 514 g/mol. The highest BCUT2D eigenvalue weighted by Gasteiger charge is 2.39. The zero-order valence-electron chi connectivity index (χ0n) is 20.2. The van der Waals surface area contributed by atoms with Crippen molar-refractivity contribution in [2.75, 3.05) is 10.2 Å². The maximum atomic E-state index is 12.8. The third-order valence-electron chi connectivity index (χ3n) is 6.67. The number of fused-ring (bicyclic) bond motifs is 1. The van der Waals surface area contributed by atoms with E-state index >= 15 is 0 Å². The molecule has 0 spiro atoms. The van der Waals surface area contributed by atoms with Crippen LogP contribution in [-0.2, 0) is 32.3 Å². The summed E-state index contributed by atoms with van der Waals surface area (Å²) < 4.78 is 0. The number of anilines is 2. The molecule has 1 atom stereocenters. The van der Waals surface area contributed by atoms with E-state index in [9.17, 15) is 28.8 Å². The molecule has 3 aliphatic rings. The Morgan fingerprint density at radius 2 is 1.82 bits per heavy atom. The number of nitrogens with one attached hydrogen (secondary N) is 3. The topological polar surface area (TPSA) is 145 Å². The van der Waals surface area contributed by atoms with E-state index in [4.69, 9.17) is 11.6 Å². The van der Waals surface area contributed by atoms with Crippen LogP contribution in [0.3, 0.4) is 0 Å². The lowest BCUT2D eigenvalue weighted by Crippen LogP contribution is -2.52. The third kappa shape index (κ3) is 4.63. The first-order valence-corrected chi connectivity index (χ1v) is 12.2. The van der Waals surface area contributed by atoms with Gasteiger partial charge in [0.15, 0.2) is 0 Å². The van der Waals surface area contributed by atoms with Crippen molar-refractivity contribution in [1.82, 2.24) is 15.5 Å². The molecule has 3 aliphatic heterocycles. The number of rotatable bonds is 5. The number of urea groups is 1. The Hall–Kier alpha value is -4.51. The number of nitrogens with zero attached hydrogens (tertiary/aromatic N) is 2. The van der Waals surface area contributed by atoms with Crippen LogP contribution in [0.1, 0.15) is 39.9 Å². The van der Waals surface area contributed by atoms with Gasteiger partial charge in [-0.15, -0.1) is 0 Å². The summed E-state index contributed by atoms with van der Waals surface area (Å²) >= 11 is 6.28. The Balaban J connectivity index is 1.23. The molecule has 0 radical (unpaired) electrons. The minimum atomic E-state index is -0.701. The standard InChI is InChI=1S/C26H22ClN5O6/c1-13-18(27)9-16(10-20(13)32-22(34)6-7-23(32)35)29-26(38)28-11-14-2-3-17-15(8-14)12-31(25(17)37)19-4-5-21(33)30-24(19)36/h2-3,6-10,19H,4-5,11-12H2,1H3,(H2,28,29,38)(H,30,33,36). The molecule has 3 N–H and O–H groups in total. The Bertz CT molecular complexity index is 1450. The van der Waals surface area contributed by atoms with Crippen molar-refractivity contribution in [3.05, 3.63) is 69.8 Å². The van der Waals surface area contributed by atoms with Crippen LogP contribution in [0.4, 0.5) is 16.2 Å². The van der Waals surface area contributed by atoms with E-state index < -0.39 is 29.8 Å². The largest absolute Gasteiger partial charge is 0.334 e. The Kier molecular flexibility index (Phi) is 6.45. The summed E-state index contributed by atoms with van der Waals surface area (Å²) in [6.45, 7) is 2.04. The van der Waals surface area contributed by atoms with E-state index in [0.29, 0.717) is 16.8 Å². The second kappa shape index (κ2) is 9.75. The summed E-state index contributed by atoms with van der Waals surface area (Å²) in [6, 6.07) is 6.92. The number of hydrogen-bond donors (Lipinski definition) is 3. The van der Waals surface area contributed by atoms with E-state index in [1.54, 1.807) is 25.1 Å². The number of carbonyl (C=O) groups excluding carboxylic acids is 6. The average Bonchev–Trinajstić information content (AvgIpc) is 3.37. The first-order chi connectivity index (χ1) is 18.1. The number of hydrogen-bond acceptors (Lipinski definition) is 6. The highest BCUT2D eigenvalue weighted by atomic mass is 35.5. The van der Waals surface area contributed by atoms with Gasteiger partial charge >= 0.3 is 6.03 Å². The fourth-order valence-electron chi connectivity index (χ4n) is 4.70. The quantitative estimate of drug-likeness (QED) is 0.500. The van der Waals surface area contributed by atoms with Gasteiger partial charge in [0.05, 0.1) is 5.69 Å². The Morgan fingerprint density at radius 1 is 1.08 bits per heavy atom. The number of piperidine rings is 1. The minimum absolute atomic E-state index is 0.144. The fourth-order valence-corrected chi connectivity index (χ4v) is 4.92. The second-order valence-corrected chi connectivity index (χ2v) is 9.55. The first-order valence-electron chi connectivity index (χ1n) is 11.8. The lowest BCUT2D eigenvalue weighted by Gasteiger charge is -2.29. The summed E-state index contributed by atoms with van der Waals surface area (Å²) in [5, 5.41) is 7.92. The normalized spacial score (nSPS) is 18.7. The number of benzene rings is 2. The van der Waals surface area contributed by atoms with Crippen molar-refractivity contribution in [3.63, 3.8) is 0 Å². The van der Waals surface area contributed by atoms with Gasteiger partial charge in [-0.2, -0.15) is 0 Å². The minimum Gasteiger partial charge on any atom is -0.334 e. The molecule has 3 heterocycles. The van der Waals surface area contributed by atoms with Gasteiger partial charge in [-0.25, -0.2) is 9.69 Å². The van der Waals surface area contributed by atoms with Gasteiger partial charge in [0.2, 0.25) is 11.8 Å². The average molecular weight is 536 g/mol. The molecule has 11 nitrogen and oxygen atoms in total. The van der Waals surface area contributed by atoms with Crippen molar-refractivity contribution in [2.45, 2.75) is 38.9 Å². The van der Waals surface area contributed by atoms with E-state index in [1.165, 1.54) is 17.0 Å². The number of amides is 7. The zero-order valence-corrected chi connectivity index (χ0v) is 20.9. The van der Waals surface area contributed by atoms with Crippen LogP contribution in [0.15, 0.2) is 42.5 Å². The molecule has 1 fully saturated rings. The first kappa shape index (κ1) is 25.2. The number of carbonyl (C=O) groups is 6. The van der Waals surface area contributed by atoms with E-state index in [0.717, 1.165) is 28.2 Å². The maximum absolute atomic E-state index is 12.8. The third-order valence-corrected chi connectivity index (χ3v) is 7.06. The monoisotopic (exact) mass is 535 g/mol. The zero-order chi connectivity index (χ0) is 27.1. The Morgan fingerprint density at radius 3 is 2.53 bits per heavy atom. The van der Waals surface area contributed by atoms with Crippen LogP contribution in [0.5, 0.6) is 0 Å². The van der Waals surface area contributed by atoms with Crippen LogP contribution in [0, 0.1) is 6.92 Å². The predicted octanol–water partition coefficient (Wildman–Crippen LogP) is 2.16. The van der Waals surface area contributed by atoms with E-state index in [2.05, 4.69) is 16.0 Å². The van der Waals surface area contributed by atoms with Gasteiger partial charge in [-0.1, -0.05) is 23.7 Å². The van der Waals surface area contributed by atoms with Crippen molar-refractivity contribution >= 4 is 58.5 Å². The summed E-state index contributed by atoms with van der Waals surface area (Å²) in [6.07, 6.45) is 2.78. The van der Waals surface area contributed by atoms with Crippen molar-refractivity contribution < 1.29 is 28.8 Å². The predicted molar refractivity (Wildman–Crippen MR) is 136 cm³/mol. The Labute approximate surface area is 221 Å². The van der Waals surface area contributed by atoms with Crippen molar-refractivity contribution in [3.8, 4) is 0 Å². The summed E-state index contributed by atoms with van der Waals surface area (Å²) in [4.78, 5) is 75.7. The summed E-state index contributed by atoms with van der Waals surface area (Å²) in [5.41, 5.74) is 3.02. The van der Waals surface area contributed by atoms with Crippen LogP contribution >= 0.6 is 11.6 Å². The van der Waals surface area contributed by atoms with Crippen LogP contribution in [-0.4, -0.2) is 46.5 Å². The SMILES string of the molecule is Cc1c(Cl)cc(NC(=O)NCc2ccc3c(c2)CN(C2CCC(=O)NC2=O)C3=O)cc1N1C(=O)C=CC1=O. The number of halogens is 1. The van der Waals surface area contributed by atoms with Gasteiger partial charge in [0.25, 0.3) is 17.7 Å². The smallest absolute Gasteiger partial charge is 0.319 e. The molecule has 2 aromatic rings. The molecule has 0 aromatic heterocycles. The van der Waals surface area contributed by atoms with Gasteiger partial charge in [-0.05, 0) is 48.2 Å². The van der Waals surface area contributed by atoms with E-state index in [1.807, 2.05) is 0 Å². The van der Waals surface area contributed by atoms with Gasteiger partial charge < -0.3 is 15.5 Å². The van der Waals surface area contributed by atoms with Gasteiger partial charge in [0.1, 0.15) is 6.04 Å². The number of imide groups is 2. The molecule has 38 heavy (non-hydrogen) atoms. The lowest BCUT2D eigenvalue weighted by atomic mass is 10.0. The lowest BCUT2D eigenvalue weighted by molar-refractivity contribution is -0.137. The molecule has 2 aromatic carbocycles. The molecular formula is C26H22ClN5O6. The molecule has 12 heteroatoms. The fraction of sp³-hybridized carbons (Fsp3) is 0.231. The van der Waals surface area contributed by atoms with Crippen molar-refractivity contribution in [2.24, 2.45) is 0 Å².